The molecule has 0 saturated carbocycles. The van der Waals surface area contributed by atoms with E-state index < -0.39 is 17.0 Å². The van der Waals surface area contributed by atoms with Gasteiger partial charge in [0.1, 0.15) is 11.4 Å². The number of hydrogen-bond acceptors (Lipinski definition) is 10. The molecule has 5 heterocycles. The molecule has 6 rings (SSSR count). The number of carbonyl (C=O) groups is 3. The van der Waals surface area contributed by atoms with E-state index in [1.807, 2.05) is 52.5 Å². The Hall–Kier alpha value is -4.89. The molecule has 15 heteroatoms. The zero-order chi connectivity index (χ0) is 40.0. The molecule has 14 nitrogen and oxygen atoms in total. The molecule has 2 fully saturated rings. The van der Waals surface area contributed by atoms with Gasteiger partial charge < -0.3 is 29.1 Å². The lowest BCUT2D eigenvalue weighted by atomic mass is 9.90. The van der Waals surface area contributed by atoms with Crippen molar-refractivity contribution in [3.05, 3.63) is 81.3 Å². The number of anilines is 2. The Balaban J connectivity index is 1.23. The first-order valence-corrected chi connectivity index (χ1v) is 18.9. The first-order chi connectivity index (χ1) is 25.8. The summed E-state index contributed by atoms with van der Waals surface area (Å²) in [7, 11) is 1.75. The van der Waals surface area contributed by atoms with Crippen molar-refractivity contribution in [1.82, 2.24) is 29.2 Å². The second-order valence-electron chi connectivity index (χ2n) is 16.9. The fraction of sp³-hybridized carbons (Fsp3) is 0.550. The Bertz CT molecular complexity index is 1980. The fourth-order valence-electron chi connectivity index (χ4n) is 8.14. The van der Waals surface area contributed by atoms with Gasteiger partial charge in [-0.1, -0.05) is 26.0 Å². The van der Waals surface area contributed by atoms with Crippen LogP contribution >= 0.6 is 0 Å². The van der Waals surface area contributed by atoms with E-state index in [2.05, 4.69) is 26.7 Å². The van der Waals surface area contributed by atoms with Crippen LogP contribution in [0.25, 0.3) is 0 Å². The minimum atomic E-state index is -1.08. The van der Waals surface area contributed by atoms with Crippen LogP contribution in [0.5, 0.6) is 0 Å². The highest BCUT2D eigenvalue weighted by molar-refractivity contribution is 5.97. The molecule has 1 unspecified atom stereocenters. The molecule has 1 N–H and O–H groups in total. The lowest BCUT2D eigenvalue weighted by Gasteiger charge is -2.48. The molecule has 3 aliphatic heterocycles. The van der Waals surface area contributed by atoms with Gasteiger partial charge in [0.2, 0.25) is 11.9 Å². The normalized spacial score (nSPS) is 21.8. The van der Waals surface area contributed by atoms with E-state index in [1.54, 1.807) is 33.5 Å². The van der Waals surface area contributed by atoms with Crippen molar-refractivity contribution in [3.8, 4) is 0 Å². The summed E-state index contributed by atoms with van der Waals surface area (Å²) in [4.78, 5) is 71.6. The maximum atomic E-state index is 14.5. The molecule has 3 atom stereocenters. The van der Waals surface area contributed by atoms with Crippen molar-refractivity contribution in [2.45, 2.75) is 84.0 Å². The fourth-order valence-corrected chi connectivity index (χ4v) is 8.14. The second kappa shape index (κ2) is 15.3. The van der Waals surface area contributed by atoms with E-state index in [4.69, 9.17) is 4.74 Å². The Morgan fingerprint density at radius 3 is 2.27 bits per heavy atom. The maximum Gasteiger partial charge on any atom is 0.410 e. The first kappa shape index (κ1) is 39.8. The summed E-state index contributed by atoms with van der Waals surface area (Å²) in [5.41, 5.74) is 1.56. The monoisotopic (exact) mass is 760 g/mol. The highest BCUT2D eigenvalue weighted by Gasteiger charge is 2.44. The highest BCUT2D eigenvalue weighted by Crippen LogP contribution is 2.40. The van der Waals surface area contributed by atoms with Gasteiger partial charge in [0.25, 0.3) is 5.56 Å². The van der Waals surface area contributed by atoms with Crippen molar-refractivity contribution >= 4 is 29.6 Å². The lowest BCUT2D eigenvalue weighted by Crippen LogP contribution is -2.65. The lowest BCUT2D eigenvalue weighted by molar-refractivity contribution is -0.121. The summed E-state index contributed by atoms with van der Waals surface area (Å²) in [6.45, 7) is 17.5. The van der Waals surface area contributed by atoms with Crippen LogP contribution in [-0.4, -0.2) is 128 Å². The minimum Gasteiger partial charge on any atom is -0.478 e. The number of aromatic carboxylic acids is 1. The van der Waals surface area contributed by atoms with E-state index in [1.165, 1.54) is 24.5 Å². The number of benzene rings is 1. The van der Waals surface area contributed by atoms with Crippen molar-refractivity contribution in [2.24, 2.45) is 7.05 Å². The van der Waals surface area contributed by atoms with Gasteiger partial charge in [-0.3, -0.25) is 19.4 Å². The molecule has 0 aliphatic carbocycles. The molecule has 2 saturated heterocycles. The van der Waals surface area contributed by atoms with E-state index in [0.29, 0.717) is 69.4 Å². The molecule has 296 valence electrons. The van der Waals surface area contributed by atoms with Crippen LogP contribution in [0.3, 0.4) is 0 Å². The number of rotatable bonds is 8. The molecule has 0 spiro atoms. The third kappa shape index (κ3) is 8.67. The average Bonchev–Trinajstić information content (AvgIpc) is 3.38. The number of amides is 2. The van der Waals surface area contributed by atoms with Crippen LogP contribution in [-0.2, 0) is 28.4 Å². The molecule has 2 amide bonds. The highest BCUT2D eigenvalue weighted by atomic mass is 19.1. The summed E-state index contributed by atoms with van der Waals surface area (Å²) in [6, 6.07) is 7.57. The molecular formula is C40H53FN8O6. The number of carboxylic acids is 1. The molecule has 3 aliphatic rings. The number of aromatic nitrogens is 3. The van der Waals surface area contributed by atoms with Gasteiger partial charge in [-0.15, -0.1) is 0 Å². The topological polar surface area (TPSA) is 145 Å². The van der Waals surface area contributed by atoms with Crippen LogP contribution in [0, 0.1) is 5.82 Å². The molecule has 3 aromatic rings. The molecule has 1 aromatic carbocycles. The Kier molecular flexibility index (Phi) is 11.1. The second-order valence-corrected chi connectivity index (χ2v) is 16.9. The van der Waals surface area contributed by atoms with Crippen molar-refractivity contribution < 1.29 is 28.6 Å². The molecule has 0 radical (unpaired) electrons. The number of carbonyl (C=O) groups excluding carboxylic acids is 2. The Morgan fingerprint density at radius 2 is 1.65 bits per heavy atom. The predicted molar refractivity (Wildman–Crippen MR) is 206 cm³/mol. The van der Waals surface area contributed by atoms with Crippen molar-refractivity contribution in [1.29, 1.82) is 0 Å². The Labute approximate surface area is 321 Å². The third-order valence-corrected chi connectivity index (χ3v) is 10.9. The van der Waals surface area contributed by atoms with Gasteiger partial charge in [0, 0.05) is 101 Å². The zero-order valence-corrected chi connectivity index (χ0v) is 33.1. The number of fused-ring (bicyclic) bond motifs is 1. The van der Waals surface area contributed by atoms with Gasteiger partial charge in [-0.25, -0.2) is 23.9 Å². The maximum absolute atomic E-state index is 14.5. The summed E-state index contributed by atoms with van der Waals surface area (Å²) in [5.74, 6) is -1.05. The summed E-state index contributed by atoms with van der Waals surface area (Å²) >= 11 is 0. The number of hydrogen-bond donors (Lipinski definition) is 1. The molecule has 55 heavy (non-hydrogen) atoms. The van der Waals surface area contributed by atoms with Crippen molar-refractivity contribution in [2.75, 3.05) is 62.2 Å². The van der Waals surface area contributed by atoms with E-state index in [9.17, 15) is 28.7 Å². The quantitative estimate of drug-likeness (QED) is 0.359. The number of pyridine rings is 1. The standard InChI is InChI=1S/C40H53FN8O6/c1-25-19-46(37-42-17-29(18-43-37)36(52)53)14-13-45(25)21-31-22-48(38(54)55-39(3,4)5)26(2)20-47(31)23-33(50)49-24-40(6,7)34-32(49)16-28(35(51)44(34)8)15-27-9-11-30(41)12-10-27/h9-12,16-18,25-26,31H,13-15,19-24H2,1-8H3,(H,52,53)/t25?,26-,31+/m1/s1. The predicted octanol–water partition coefficient (Wildman–Crippen LogP) is 3.75. The number of carboxylic acid groups (broad SMARTS) is 1. The van der Waals surface area contributed by atoms with Crippen LogP contribution in [0.2, 0.25) is 0 Å². The molecular weight excluding hydrogens is 707 g/mol. The number of nitrogens with zero attached hydrogens (tertiary/aromatic N) is 8. The van der Waals surface area contributed by atoms with Crippen LogP contribution in [0.15, 0.2) is 47.5 Å². The van der Waals surface area contributed by atoms with E-state index in [-0.39, 0.29) is 53.6 Å². The summed E-state index contributed by atoms with van der Waals surface area (Å²) in [6.07, 6.45) is 2.55. The zero-order valence-electron chi connectivity index (χ0n) is 33.1. The first-order valence-electron chi connectivity index (χ1n) is 18.9. The smallest absolute Gasteiger partial charge is 0.410 e. The van der Waals surface area contributed by atoms with Crippen molar-refractivity contribution in [3.63, 3.8) is 0 Å². The van der Waals surface area contributed by atoms with Gasteiger partial charge in [-0.05, 0) is 58.4 Å². The third-order valence-electron chi connectivity index (χ3n) is 10.9. The number of piperazine rings is 2. The van der Waals surface area contributed by atoms with Crippen LogP contribution < -0.4 is 15.4 Å². The van der Waals surface area contributed by atoms with Gasteiger partial charge >= 0.3 is 12.1 Å². The largest absolute Gasteiger partial charge is 0.478 e. The summed E-state index contributed by atoms with van der Waals surface area (Å²) < 4.78 is 21.1. The Morgan fingerprint density at radius 1 is 0.982 bits per heavy atom. The van der Waals surface area contributed by atoms with Gasteiger partial charge in [0.05, 0.1) is 23.5 Å². The van der Waals surface area contributed by atoms with Crippen LogP contribution in [0.4, 0.5) is 20.8 Å². The van der Waals surface area contributed by atoms with Gasteiger partial charge in [-0.2, -0.15) is 0 Å². The van der Waals surface area contributed by atoms with E-state index in [0.717, 1.165) is 11.3 Å². The molecule has 0 bridgehead atoms. The average molecular weight is 761 g/mol. The van der Waals surface area contributed by atoms with E-state index >= 15 is 0 Å². The number of halogens is 1. The van der Waals surface area contributed by atoms with Crippen LogP contribution in [0.1, 0.15) is 75.6 Å². The SMILES string of the molecule is CC1CN(c2ncc(C(=O)O)cn2)CCN1C[C@H]1CN(C(=O)OC(C)(C)C)[C@H](C)CN1CC(=O)N1CC(C)(C)c2c1cc(Cc1ccc(F)cc1)c(=O)n2C. The molecule has 2 aromatic heterocycles. The minimum absolute atomic E-state index is 0.0293. The number of ether oxygens (including phenoxy) is 1. The van der Waals surface area contributed by atoms with Gasteiger partial charge in [0.15, 0.2) is 0 Å². The summed E-state index contributed by atoms with van der Waals surface area (Å²) in [5, 5.41) is 9.25.